The molecule has 1 atom stereocenters. The van der Waals surface area contributed by atoms with E-state index in [0.29, 0.717) is 29.0 Å². The van der Waals surface area contributed by atoms with Gasteiger partial charge in [-0.2, -0.15) is 0 Å². The third-order valence-corrected chi connectivity index (χ3v) is 3.89. The number of nitrogens with zero attached hydrogens (tertiary/aromatic N) is 2. The fourth-order valence-electron chi connectivity index (χ4n) is 2.42. The number of amides is 1. The Morgan fingerprint density at radius 1 is 1.15 bits per heavy atom. The number of carbonyl (C=O) groups is 1. The fourth-order valence-corrected chi connectivity index (χ4v) is 2.54. The maximum atomic E-state index is 12.3. The molecule has 6 nitrogen and oxygen atoms in total. The first-order chi connectivity index (χ1) is 12.6. The molecule has 0 spiro atoms. The zero-order chi connectivity index (χ0) is 18.4. The standard InChI is InChI=1S/C19H18ClN3O3/c1-13-22-23-19(26-13)17(11-14-5-3-2-4-6-14)21-18(24)12-25-16-9-7-15(20)8-10-16/h2-10,17H,11-12H2,1H3,(H,21,24). The number of ether oxygens (including phenoxy) is 1. The first-order valence-corrected chi connectivity index (χ1v) is 8.49. The predicted octanol–water partition coefficient (Wildman–Crippen LogP) is 3.51. The van der Waals surface area contributed by atoms with Crippen LogP contribution in [0.2, 0.25) is 5.02 Å². The van der Waals surface area contributed by atoms with E-state index < -0.39 is 6.04 Å². The summed E-state index contributed by atoms with van der Waals surface area (Å²) in [5.41, 5.74) is 1.05. The molecular weight excluding hydrogens is 354 g/mol. The van der Waals surface area contributed by atoms with Gasteiger partial charge < -0.3 is 14.5 Å². The van der Waals surface area contributed by atoms with E-state index in [1.165, 1.54) is 0 Å². The Labute approximate surface area is 156 Å². The van der Waals surface area contributed by atoms with Crippen molar-refractivity contribution in [3.63, 3.8) is 0 Å². The molecule has 1 heterocycles. The third kappa shape index (κ3) is 5.07. The van der Waals surface area contributed by atoms with Crippen LogP contribution in [-0.2, 0) is 11.2 Å². The Bertz CT molecular complexity index is 850. The SMILES string of the molecule is Cc1nnc(C(Cc2ccccc2)NC(=O)COc2ccc(Cl)cc2)o1. The minimum absolute atomic E-state index is 0.125. The minimum atomic E-state index is -0.431. The number of aromatic nitrogens is 2. The molecule has 1 unspecified atom stereocenters. The number of benzene rings is 2. The van der Waals surface area contributed by atoms with Gasteiger partial charge in [0.15, 0.2) is 6.61 Å². The van der Waals surface area contributed by atoms with Gasteiger partial charge in [-0.15, -0.1) is 10.2 Å². The lowest BCUT2D eigenvalue weighted by Crippen LogP contribution is -2.34. The van der Waals surface area contributed by atoms with Crippen LogP contribution in [-0.4, -0.2) is 22.7 Å². The first kappa shape index (κ1) is 17.9. The lowest BCUT2D eigenvalue weighted by molar-refractivity contribution is -0.124. The smallest absolute Gasteiger partial charge is 0.258 e. The minimum Gasteiger partial charge on any atom is -0.484 e. The van der Waals surface area contributed by atoms with Gasteiger partial charge in [0.05, 0.1) is 0 Å². The van der Waals surface area contributed by atoms with Gasteiger partial charge in [-0.3, -0.25) is 4.79 Å². The summed E-state index contributed by atoms with van der Waals surface area (Å²) >= 11 is 5.83. The number of hydrogen-bond donors (Lipinski definition) is 1. The number of rotatable bonds is 7. The summed E-state index contributed by atoms with van der Waals surface area (Å²) in [6, 6.07) is 16.2. The largest absolute Gasteiger partial charge is 0.484 e. The van der Waals surface area contributed by atoms with Crippen LogP contribution in [0.25, 0.3) is 0 Å². The highest BCUT2D eigenvalue weighted by molar-refractivity contribution is 6.30. The van der Waals surface area contributed by atoms with Crippen molar-refractivity contribution in [1.29, 1.82) is 0 Å². The van der Waals surface area contributed by atoms with Crippen molar-refractivity contribution in [2.24, 2.45) is 0 Å². The van der Waals surface area contributed by atoms with Crippen molar-refractivity contribution < 1.29 is 13.9 Å². The lowest BCUT2D eigenvalue weighted by Gasteiger charge is -2.16. The van der Waals surface area contributed by atoms with Crippen molar-refractivity contribution >= 4 is 17.5 Å². The average Bonchev–Trinajstić information content (AvgIpc) is 3.08. The second-order valence-electron chi connectivity index (χ2n) is 5.71. The van der Waals surface area contributed by atoms with E-state index in [1.807, 2.05) is 30.3 Å². The van der Waals surface area contributed by atoms with Gasteiger partial charge in [0, 0.05) is 18.4 Å². The summed E-state index contributed by atoms with van der Waals surface area (Å²) in [7, 11) is 0. The summed E-state index contributed by atoms with van der Waals surface area (Å²) in [6.45, 7) is 1.58. The van der Waals surface area contributed by atoms with E-state index in [-0.39, 0.29) is 12.5 Å². The van der Waals surface area contributed by atoms with Gasteiger partial charge in [0.25, 0.3) is 5.91 Å². The number of hydrogen-bond acceptors (Lipinski definition) is 5. The molecule has 0 aliphatic carbocycles. The molecule has 0 saturated heterocycles. The Kier molecular flexibility index (Phi) is 5.86. The monoisotopic (exact) mass is 371 g/mol. The van der Waals surface area contributed by atoms with Gasteiger partial charge in [0.1, 0.15) is 11.8 Å². The molecule has 3 rings (SSSR count). The van der Waals surface area contributed by atoms with E-state index in [9.17, 15) is 4.79 Å². The molecule has 0 saturated carbocycles. The van der Waals surface area contributed by atoms with Crippen LogP contribution < -0.4 is 10.1 Å². The van der Waals surface area contributed by atoms with E-state index in [1.54, 1.807) is 31.2 Å². The molecule has 0 aliphatic heterocycles. The third-order valence-electron chi connectivity index (χ3n) is 3.64. The number of halogens is 1. The quantitative estimate of drug-likeness (QED) is 0.687. The normalized spacial score (nSPS) is 11.8. The maximum Gasteiger partial charge on any atom is 0.258 e. The van der Waals surface area contributed by atoms with Crippen molar-refractivity contribution in [2.45, 2.75) is 19.4 Å². The fraction of sp³-hybridized carbons (Fsp3) is 0.211. The summed E-state index contributed by atoms with van der Waals surface area (Å²) in [6.07, 6.45) is 0.537. The Hall–Kier alpha value is -2.86. The topological polar surface area (TPSA) is 77.2 Å². The molecule has 1 aromatic heterocycles. The zero-order valence-corrected chi connectivity index (χ0v) is 14.9. The van der Waals surface area contributed by atoms with Crippen molar-refractivity contribution in [3.8, 4) is 5.75 Å². The Morgan fingerprint density at radius 3 is 2.54 bits per heavy atom. The number of nitrogens with one attached hydrogen (secondary N) is 1. The molecule has 3 aromatic rings. The maximum absolute atomic E-state index is 12.3. The van der Waals surface area contributed by atoms with Crippen molar-refractivity contribution in [1.82, 2.24) is 15.5 Å². The molecule has 1 amide bonds. The lowest BCUT2D eigenvalue weighted by atomic mass is 10.1. The van der Waals surface area contributed by atoms with Crippen LogP contribution in [0.3, 0.4) is 0 Å². The molecule has 26 heavy (non-hydrogen) atoms. The summed E-state index contributed by atoms with van der Waals surface area (Å²) in [4.78, 5) is 12.3. The predicted molar refractivity (Wildman–Crippen MR) is 97.0 cm³/mol. The average molecular weight is 372 g/mol. The van der Waals surface area contributed by atoms with Crippen LogP contribution in [0.1, 0.15) is 23.4 Å². The van der Waals surface area contributed by atoms with Gasteiger partial charge >= 0.3 is 0 Å². The van der Waals surface area contributed by atoms with Crippen LogP contribution >= 0.6 is 11.6 Å². The van der Waals surface area contributed by atoms with Crippen molar-refractivity contribution in [3.05, 3.63) is 77.0 Å². The molecule has 1 N–H and O–H groups in total. The summed E-state index contributed by atoms with van der Waals surface area (Å²) in [5.74, 6) is 1.10. The van der Waals surface area contributed by atoms with E-state index in [0.717, 1.165) is 5.56 Å². The number of aryl methyl sites for hydroxylation is 1. The van der Waals surface area contributed by atoms with E-state index in [4.69, 9.17) is 20.8 Å². The van der Waals surface area contributed by atoms with Crippen LogP contribution in [0, 0.1) is 6.92 Å². The molecule has 2 aromatic carbocycles. The summed E-state index contributed by atoms with van der Waals surface area (Å²) in [5, 5.41) is 11.4. The van der Waals surface area contributed by atoms with Crippen LogP contribution in [0.15, 0.2) is 59.0 Å². The van der Waals surface area contributed by atoms with Crippen LogP contribution in [0.4, 0.5) is 0 Å². The molecule has 0 fully saturated rings. The van der Waals surface area contributed by atoms with Crippen LogP contribution in [0.5, 0.6) is 5.75 Å². The highest BCUT2D eigenvalue weighted by atomic mass is 35.5. The molecular formula is C19H18ClN3O3. The number of carbonyl (C=O) groups excluding carboxylic acids is 1. The van der Waals surface area contributed by atoms with Gasteiger partial charge in [0.2, 0.25) is 11.8 Å². The van der Waals surface area contributed by atoms with Gasteiger partial charge in [-0.05, 0) is 29.8 Å². The molecule has 7 heteroatoms. The molecule has 0 aliphatic rings. The molecule has 0 radical (unpaired) electrons. The van der Waals surface area contributed by atoms with Crippen molar-refractivity contribution in [2.75, 3.05) is 6.61 Å². The second kappa shape index (κ2) is 8.49. The van der Waals surface area contributed by atoms with E-state index in [2.05, 4.69) is 15.5 Å². The molecule has 134 valence electrons. The Morgan fingerprint density at radius 2 is 1.88 bits per heavy atom. The van der Waals surface area contributed by atoms with Gasteiger partial charge in [-0.25, -0.2) is 0 Å². The molecule has 0 bridgehead atoms. The van der Waals surface area contributed by atoms with E-state index >= 15 is 0 Å². The Balaban J connectivity index is 1.64. The zero-order valence-electron chi connectivity index (χ0n) is 14.2. The first-order valence-electron chi connectivity index (χ1n) is 8.12. The summed E-state index contributed by atoms with van der Waals surface area (Å²) < 4.78 is 11.0. The highest BCUT2D eigenvalue weighted by Crippen LogP contribution is 2.18. The highest BCUT2D eigenvalue weighted by Gasteiger charge is 2.21. The van der Waals surface area contributed by atoms with Gasteiger partial charge in [-0.1, -0.05) is 41.9 Å². The second-order valence-corrected chi connectivity index (χ2v) is 6.15.